The maximum absolute atomic E-state index is 8.06. The quantitative estimate of drug-likeness (QED) is 0.398. The summed E-state index contributed by atoms with van der Waals surface area (Å²) >= 11 is 0. The molecule has 0 saturated carbocycles. The molecule has 0 saturated heterocycles. The van der Waals surface area contributed by atoms with Crippen LogP contribution in [0.15, 0.2) is 0 Å². The topological polar surface area (TPSA) is 51.7 Å². The third kappa shape index (κ3) is 89.3. The van der Waals surface area contributed by atoms with Gasteiger partial charge in [0.05, 0.1) is 0 Å². The van der Waals surface area contributed by atoms with Crippen molar-refractivity contribution < 1.29 is 10.6 Å². The van der Waals surface area contributed by atoms with Gasteiger partial charge >= 0.3 is 0 Å². The molecule has 0 fully saturated rings. The number of hydrogen-bond donors (Lipinski definition) is 1. The minimum Gasteiger partial charge on any atom is -0.412 e. The predicted molar refractivity (Wildman–Crippen MR) is 26.7 cm³/mol. The Kier molecular flexibility index (Phi) is 24.5. The van der Waals surface area contributed by atoms with E-state index in [4.69, 9.17) is 5.11 Å². The van der Waals surface area contributed by atoms with Crippen LogP contribution in [0.5, 0.6) is 0 Å². The average molecular weight is 101 g/mol. The molecule has 0 amide bonds. The van der Waals surface area contributed by atoms with E-state index in [1.807, 2.05) is 0 Å². The first-order valence-corrected chi connectivity index (χ1v) is 1.41. The van der Waals surface area contributed by atoms with Crippen molar-refractivity contribution in [1.29, 1.82) is 0 Å². The Hall–Kier alpha value is 0.920. The molecule has 6 heavy (non-hydrogen) atoms. The molecule has 0 bridgehead atoms. The summed E-state index contributed by atoms with van der Waals surface area (Å²) in [5.74, 6) is 0. The van der Waals surface area contributed by atoms with Gasteiger partial charge in [0.2, 0.25) is 0 Å². The molecular weight excluding hydrogens is 91.0 g/mol. The van der Waals surface area contributed by atoms with E-state index in [1.165, 1.54) is 0 Å². The Balaban J connectivity index is -0.0000000450. The molecule has 0 aromatic carbocycles. The second kappa shape index (κ2) is 9.33. The summed E-state index contributed by atoms with van der Waals surface area (Å²) in [7, 11) is 0. The fraction of sp³-hybridized carbons (Fsp3) is 1.00. The number of hydrogen-bond acceptors (Lipinski definition) is 1. The molecule has 0 unspecified atom stereocenters. The first-order chi connectivity index (χ1) is 1.73. The van der Waals surface area contributed by atoms with Crippen molar-refractivity contribution in [1.82, 2.24) is 0 Å². The Morgan fingerprint density at radius 1 is 1.33 bits per heavy atom. The van der Waals surface area contributed by atoms with Crippen molar-refractivity contribution in [2.45, 2.75) is 20.0 Å². The van der Waals surface area contributed by atoms with Crippen LogP contribution in [0.2, 0.25) is 0 Å². The van der Waals surface area contributed by atoms with Gasteiger partial charge in [-0.2, -0.15) is 0 Å². The van der Waals surface area contributed by atoms with Crippen molar-refractivity contribution >= 4 is 29.6 Å². The maximum Gasteiger partial charge on any atom is 0.0483 e. The summed E-state index contributed by atoms with van der Waals surface area (Å²) in [6.45, 7) is 3.44. The monoisotopic (exact) mass is 101 g/mol. The zero-order chi connectivity index (χ0) is 3.58. The van der Waals surface area contributed by atoms with Crippen molar-refractivity contribution in [2.24, 2.45) is 0 Å². The van der Waals surface area contributed by atoms with Crippen LogP contribution in [0.4, 0.5) is 0 Å². The molecule has 35 valence electrons. The molecule has 0 aromatic heterocycles. The van der Waals surface area contributed by atoms with E-state index in [2.05, 4.69) is 0 Å². The molecule has 0 aliphatic carbocycles. The number of aliphatic hydroxyl groups excluding tert-OH is 1. The zero-order valence-corrected chi connectivity index (χ0v) is 6.52. The smallest absolute Gasteiger partial charge is 0.0483 e. The van der Waals surface area contributed by atoms with Crippen molar-refractivity contribution in [2.75, 3.05) is 0 Å². The standard InChI is InChI=1S/C3H8O.Na.H2O/c1-3(2)4;;/h3-4H,1-2H3;;1H2. The normalized spacial score (nSPS) is 6.00. The Labute approximate surface area is 60.2 Å². The van der Waals surface area contributed by atoms with E-state index in [9.17, 15) is 0 Å². The predicted octanol–water partition coefficient (Wildman–Crippen LogP) is -0.818. The number of rotatable bonds is 0. The minimum absolute atomic E-state index is 0. The molecule has 0 aliphatic rings. The van der Waals surface area contributed by atoms with E-state index >= 15 is 0 Å². The van der Waals surface area contributed by atoms with Crippen LogP contribution >= 0.6 is 0 Å². The summed E-state index contributed by atoms with van der Waals surface area (Å²) in [6, 6.07) is 0. The van der Waals surface area contributed by atoms with Gasteiger partial charge in [-0.25, -0.2) is 0 Å². The summed E-state index contributed by atoms with van der Waals surface area (Å²) < 4.78 is 0. The van der Waals surface area contributed by atoms with Crippen LogP contribution in [0.1, 0.15) is 13.8 Å². The second-order valence-corrected chi connectivity index (χ2v) is 1.09. The summed E-state index contributed by atoms with van der Waals surface area (Å²) in [5, 5.41) is 8.06. The van der Waals surface area contributed by atoms with Crippen LogP contribution in [0.3, 0.4) is 0 Å². The molecule has 2 nitrogen and oxygen atoms in total. The molecule has 3 N–H and O–H groups in total. The molecule has 0 spiro atoms. The van der Waals surface area contributed by atoms with E-state index < -0.39 is 0 Å². The molecule has 0 rings (SSSR count). The molecule has 0 heterocycles. The maximum atomic E-state index is 8.06. The van der Waals surface area contributed by atoms with Gasteiger partial charge in [0.1, 0.15) is 0 Å². The van der Waals surface area contributed by atoms with E-state index in [-0.39, 0.29) is 41.1 Å². The number of aliphatic hydroxyl groups is 1. The minimum atomic E-state index is -0.167. The Morgan fingerprint density at radius 3 is 1.33 bits per heavy atom. The fourth-order valence-corrected chi connectivity index (χ4v) is 0. The largest absolute Gasteiger partial charge is 0.412 e. The van der Waals surface area contributed by atoms with Gasteiger partial charge in [-0.05, 0) is 13.8 Å². The van der Waals surface area contributed by atoms with Crippen molar-refractivity contribution in [3.05, 3.63) is 0 Å². The molecule has 1 radical (unpaired) electrons. The Morgan fingerprint density at radius 2 is 1.33 bits per heavy atom. The fourth-order valence-electron chi connectivity index (χ4n) is 0. The van der Waals surface area contributed by atoms with Crippen LogP contribution in [0.25, 0.3) is 0 Å². The summed E-state index contributed by atoms with van der Waals surface area (Å²) in [4.78, 5) is 0. The van der Waals surface area contributed by atoms with E-state index in [0.717, 1.165) is 0 Å². The third-order valence-electron chi connectivity index (χ3n) is 0. The molecule has 0 aromatic rings. The summed E-state index contributed by atoms with van der Waals surface area (Å²) in [6.07, 6.45) is -0.167. The Bertz CT molecular complexity index is 13.5. The van der Waals surface area contributed by atoms with E-state index in [0.29, 0.717) is 0 Å². The van der Waals surface area contributed by atoms with Crippen molar-refractivity contribution in [3.63, 3.8) is 0 Å². The first-order valence-electron chi connectivity index (χ1n) is 1.41. The van der Waals surface area contributed by atoms with Crippen LogP contribution in [-0.4, -0.2) is 46.2 Å². The second-order valence-electron chi connectivity index (χ2n) is 1.09. The van der Waals surface area contributed by atoms with Crippen LogP contribution < -0.4 is 0 Å². The van der Waals surface area contributed by atoms with Gasteiger partial charge in [-0.15, -0.1) is 0 Å². The molecule has 0 atom stereocenters. The van der Waals surface area contributed by atoms with Gasteiger partial charge in [-0.3, -0.25) is 0 Å². The third-order valence-corrected chi connectivity index (χ3v) is 0. The summed E-state index contributed by atoms with van der Waals surface area (Å²) in [5.41, 5.74) is 0. The molecular formula is C3H10NaO2. The van der Waals surface area contributed by atoms with Gasteiger partial charge in [0, 0.05) is 35.7 Å². The van der Waals surface area contributed by atoms with Crippen LogP contribution in [0, 0.1) is 0 Å². The van der Waals surface area contributed by atoms with Gasteiger partial charge in [0.25, 0.3) is 0 Å². The van der Waals surface area contributed by atoms with Crippen molar-refractivity contribution in [3.8, 4) is 0 Å². The van der Waals surface area contributed by atoms with Gasteiger partial charge in [0.15, 0.2) is 0 Å². The average Bonchev–Trinajstić information content (AvgIpc) is 0.811. The van der Waals surface area contributed by atoms with Crippen LogP contribution in [-0.2, 0) is 0 Å². The molecule has 0 aliphatic heterocycles. The van der Waals surface area contributed by atoms with E-state index in [1.54, 1.807) is 13.8 Å². The zero-order valence-electron chi connectivity index (χ0n) is 4.52. The first kappa shape index (κ1) is 15.8. The molecule has 3 heteroatoms. The SMILES string of the molecule is CC(C)O.O.[Na]. The van der Waals surface area contributed by atoms with Gasteiger partial charge < -0.3 is 10.6 Å². The van der Waals surface area contributed by atoms with Gasteiger partial charge in [-0.1, -0.05) is 0 Å².